The molecule has 8 nitrogen and oxygen atoms in total. The Kier molecular flexibility index (Phi) is 7.08. The maximum Gasteiger partial charge on any atom is 0.350 e. The van der Waals surface area contributed by atoms with Gasteiger partial charge in [0.15, 0.2) is 5.13 Å². The van der Waals surface area contributed by atoms with Gasteiger partial charge in [-0.15, -0.1) is 0 Å². The number of aliphatic hydroxyl groups excluding tert-OH is 1. The van der Waals surface area contributed by atoms with Crippen LogP contribution < -0.4 is 9.64 Å². The molecular weight excluding hydrogens is 527 g/mol. The molecule has 0 spiro atoms. The molecule has 2 aromatic carbocycles. The van der Waals surface area contributed by atoms with E-state index in [4.69, 9.17) is 32.7 Å². The monoisotopic (exact) mass is 546 g/mol. The number of aromatic nitrogens is 1. The normalized spacial score (nSPS) is 16.9. The second-order valence-corrected chi connectivity index (χ2v) is 9.72. The van der Waals surface area contributed by atoms with E-state index in [2.05, 4.69) is 4.98 Å². The molecule has 0 unspecified atom stereocenters. The average Bonchev–Trinajstić information content (AvgIpc) is 3.36. The SMILES string of the molecule is COC(=O)c1sc(N2C(=O)C(=O)C(=C(O)c3ccc(OC)c(C)c3)[C@H]2c2ccc(Cl)c(Cl)c2)nc1C. The largest absolute Gasteiger partial charge is 0.507 e. The third-order valence-electron chi connectivity index (χ3n) is 5.73. The molecule has 0 radical (unpaired) electrons. The van der Waals surface area contributed by atoms with Crippen molar-refractivity contribution in [2.24, 2.45) is 0 Å². The molecule has 11 heteroatoms. The molecule has 1 amide bonds. The molecule has 1 aromatic heterocycles. The van der Waals surface area contributed by atoms with Crippen LogP contribution in [0.2, 0.25) is 10.0 Å². The van der Waals surface area contributed by atoms with Crippen LogP contribution in [-0.2, 0) is 14.3 Å². The molecule has 2 heterocycles. The van der Waals surface area contributed by atoms with Crippen molar-refractivity contribution >= 4 is 63.1 Å². The predicted octanol–water partition coefficient (Wildman–Crippen LogP) is 5.49. The number of Topliss-reactive ketones (excluding diaryl/α,β-unsaturated/α-hetero) is 1. The average molecular weight is 547 g/mol. The molecule has 1 aliphatic heterocycles. The summed E-state index contributed by atoms with van der Waals surface area (Å²) < 4.78 is 10.1. The number of aryl methyl sites for hydroxylation is 2. The standard InChI is InChI=1S/C25H20Cl2N2O6S/c1-11-9-14(6-8-17(11)34-3)20(30)18-19(13-5-7-15(26)16(27)10-13)29(23(32)21(18)31)25-28-12(2)22(36-25)24(33)35-4/h5-10,19,30H,1-4H3/t19-/m1/s1. The molecule has 1 N–H and O–H groups in total. The van der Waals surface area contributed by atoms with Gasteiger partial charge in [0.05, 0.1) is 41.6 Å². The third-order valence-corrected chi connectivity index (χ3v) is 7.61. The second kappa shape index (κ2) is 9.93. The summed E-state index contributed by atoms with van der Waals surface area (Å²) in [7, 11) is 2.76. The number of thiazole rings is 1. The van der Waals surface area contributed by atoms with E-state index < -0.39 is 23.7 Å². The van der Waals surface area contributed by atoms with Gasteiger partial charge >= 0.3 is 11.9 Å². The van der Waals surface area contributed by atoms with Gasteiger partial charge in [-0.2, -0.15) is 0 Å². The minimum Gasteiger partial charge on any atom is -0.507 e. The van der Waals surface area contributed by atoms with Crippen LogP contribution in [0.3, 0.4) is 0 Å². The van der Waals surface area contributed by atoms with Crippen LogP contribution in [0.5, 0.6) is 5.75 Å². The summed E-state index contributed by atoms with van der Waals surface area (Å²) in [5.41, 5.74) is 1.64. The molecule has 1 aliphatic rings. The van der Waals surface area contributed by atoms with Gasteiger partial charge in [0.25, 0.3) is 5.78 Å². The van der Waals surface area contributed by atoms with E-state index in [0.717, 1.165) is 21.8 Å². The van der Waals surface area contributed by atoms with Gasteiger partial charge in [0.2, 0.25) is 0 Å². The molecule has 1 fully saturated rings. The molecule has 0 saturated carbocycles. The number of carbonyl (C=O) groups excluding carboxylic acids is 3. The van der Waals surface area contributed by atoms with Gasteiger partial charge in [-0.25, -0.2) is 9.78 Å². The zero-order valence-electron chi connectivity index (χ0n) is 19.6. The van der Waals surface area contributed by atoms with Crippen LogP contribution in [0.15, 0.2) is 42.0 Å². The number of halogens is 2. The van der Waals surface area contributed by atoms with Gasteiger partial charge in [-0.05, 0) is 55.3 Å². The highest BCUT2D eigenvalue weighted by atomic mass is 35.5. The van der Waals surface area contributed by atoms with E-state index in [9.17, 15) is 19.5 Å². The minimum atomic E-state index is -1.08. The first kappa shape index (κ1) is 25.7. The van der Waals surface area contributed by atoms with Gasteiger partial charge in [0.1, 0.15) is 16.4 Å². The predicted molar refractivity (Wildman–Crippen MR) is 137 cm³/mol. The summed E-state index contributed by atoms with van der Waals surface area (Å²) in [6.07, 6.45) is 0. The lowest BCUT2D eigenvalue weighted by Gasteiger charge is -2.23. The van der Waals surface area contributed by atoms with Crippen LogP contribution in [0, 0.1) is 13.8 Å². The zero-order chi connectivity index (χ0) is 26.3. The first-order valence-electron chi connectivity index (χ1n) is 10.6. The number of esters is 1. The Labute approximate surface area is 220 Å². The van der Waals surface area contributed by atoms with Crippen molar-refractivity contribution in [3.8, 4) is 5.75 Å². The lowest BCUT2D eigenvalue weighted by molar-refractivity contribution is -0.132. The Morgan fingerprint density at radius 2 is 1.81 bits per heavy atom. The highest BCUT2D eigenvalue weighted by Gasteiger charge is 2.48. The van der Waals surface area contributed by atoms with Crippen molar-refractivity contribution in [1.29, 1.82) is 0 Å². The maximum atomic E-state index is 13.3. The van der Waals surface area contributed by atoms with Gasteiger partial charge < -0.3 is 14.6 Å². The maximum absolute atomic E-state index is 13.3. The van der Waals surface area contributed by atoms with Crippen molar-refractivity contribution in [3.05, 3.63) is 79.3 Å². The van der Waals surface area contributed by atoms with Gasteiger partial charge in [-0.3, -0.25) is 14.5 Å². The van der Waals surface area contributed by atoms with Gasteiger partial charge in [-0.1, -0.05) is 40.6 Å². The summed E-state index contributed by atoms with van der Waals surface area (Å²) in [5, 5.41) is 11.9. The minimum absolute atomic E-state index is 0.0935. The fourth-order valence-corrected chi connectivity index (χ4v) is 5.29. The van der Waals surface area contributed by atoms with Crippen LogP contribution in [-0.4, -0.2) is 42.0 Å². The molecule has 0 aliphatic carbocycles. The molecule has 1 atom stereocenters. The number of hydrogen-bond donors (Lipinski definition) is 1. The molecule has 36 heavy (non-hydrogen) atoms. The summed E-state index contributed by atoms with van der Waals surface area (Å²) in [6.45, 7) is 3.38. The third kappa shape index (κ3) is 4.34. The Bertz CT molecular complexity index is 1450. The highest BCUT2D eigenvalue weighted by molar-refractivity contribution is 7.17. The van der Waals surface area contributed by atoms with Crippen LogP contribution >= 0.6 is 34.5 Å². The number of methoxy groups -OCH3 is 2. The number of anilines is 1. The molecule has 4 rings (SSSR count). The fraction of sp³-hybridized carbons (Fsp3) is 0.200. The Morgan fingerprint density at radius 1 is 1.08 bits per heavy atom. The van der Waals surface area contributed by atoms with E-state index in [1.807, 2.05) is 0 Å². The number of amides is 1. The first-order valence-corrected chi connectivity index (χ1v) is 12.1. The topological polar surface area (TPSA) is 106 Å². The van der Waals surface area contributed by atoms with Crippen LogP contribution in [0.1, 0.15) is 38.1 Å². The quantitative estimate of drug-likeness (QED) is 0.195. The van der Waals surface area contributed by atoms with E-state index >= 15 is 0 Å². The zero-order valence-corrected chi connectivity index (χ0v) is 21.9. The number of ketones is 1. The fourth-order valence-electron chi connectivity index (χ4n) is 3.98. The molecular formula is C25H20Cl2N2O6S. The summed E-state index contributed by atoms with van der Waals surface area (Å²) in [6, 6.07) is 8.46. The van der Waals surface area contributed by atoms with Crippen molar-refractivity contribution < 1.29 is 29.0 Å². The van der Waals surface area contributed by atoms with Crippen molar-refractivity contribution in [1.82, 2.24) is 4.98 Å². The van der Waals surface area contributed by atoms with E-state index in [1.54, 1.807) is 38.1 Å². The van der Waals surface area contributed by atoms with E-state index in [1.165, 1.54) is 26.4 Å². The number of benzene rings is 2. The van der Waals surface area contributed by atoms with E-state index in [0.29, 0.717) is 22.6 Å². The number of carbonyl (C=O) groups is 3. The number of rotatable bonds is 5. The summed E-state index contributed by atoms with van der Waals surface area (Å²) >= 11 is 13.3. The number of aliphatic hydroxyl groups is 1. The summed E-state index contributed by atoms with van der Waals surface area (Å²) in [5.74, 6) is -2.22. The molecule has 3 aromatic rings. The van der Waals surface area contributed by atoms with Crippen molar-refractivity contribution in [2.75, 3.05) is 19.1 Å². The smallest absolute Gasteiger partial charge is 0.350 e. The van der Waals surface area contributed by atoms with Gasteiger partial charge in [0, 0.05) is 5.56 Å². The lowest BCUT2D eigenvalue weighted by atomic mass is 9.95. The molecule has 186 valence electrons. The van der Waals surface area contributed by atoms with Crippen molar-refractivity contribution in [2.45, 2.75) is 19.9 Å². The Morgan fingerprint density at radius 3 is 2.42 bits per heavy atom. The number of hydrogen-bond acceptors (Lipinski definition) is 8. The highest BCUT2D eigenvalue weighted by Crippen LogP contribution is 2.45. The first-order chi connectivity index (χ1) is 17.1. The van der Waals surface area contributed by atoms with Crippen LogP contribution in [0.25, 0.3) is 5.76 Å². The second-order valence-electron chi connectivity index (χ2n) is 7.93. The summed E-state index contributed by atoms with van der Waals surface area (Å²) in [4.78, 5) is 44.5. The molecule has 1 saturated heterocycles. The molecule has 0 bridgehead atoms. The Hall–Kier alpha value is -3.40. The lowest BCUT2D eigenvalue weighted by Crippen LogP contribution is -2.29. The number of nitrogens with zero attached hydrogens (tertiary/aromatic N) is 2. The van der Waals surface area contributed by atoms with Crippen molar-refractivity contribution in [3.63, 3.8) is 0 Å². The number of ether oxygens (including phenoxy) is 2. The van der Waals surface area contributed by atoms with Crippen LogP contribution in [0.4, 0.5) is 5.13 Å². The van der Waals surface area contributed by atoms with E-state index in [-0.39, 0.29) is 31.4 Å². The Balaban J connectivity index is 1.96.